The Balaban J connectivity index is 2.31. The highest BCUT2D eigenvalue weighted by atomic mass is 79.9. The molecule has 0 fully saturated rings. The predicted molar refractivity (Wildman–Crippen MR) is 78.8 cm³/mol. The fraction of sp³-hybridized carbons (Fsp3) is 0. The first kappa shape index (κ1) is 12.8. The van der Waals surface area contributed by atoms with Crippen LogP contribution in [0.1, 0.15) is 10.4 Å². The topological polar surface area (TPSA) is 81.1 Å². The van der Waals surface area contributed by atoms with Crippen LogP contribution in [0.3, 0.4) is 0 Å². The highest BCUT2D eigenvalue weighted by Crippen LogP contribution is 2.27. The molecule has 6 heteroatoms. The van der Waals surface area contributed by atoms with Gasteiger partial charge in [0.05, 0.1) is 17.3 Å². The Hall–Kier alpha value is -2.18. The molecule has 0 aliphatic rings. The van der Waals surface area contributed by atoms with Crippen molar-refractivity contribution in [2.45, 2.75) is 0 Å². The number of hydrogen-bond acceptors (Lipinski definition) is 4. The first-order valence-corrected chi connectivity index (χ1v) is 6.63. The number of carbonyl (C=O) groups is 1. The molecule has 3 N–H and O–H groups in total. The molecule has 5 nitrogen and oxygen atoms in total. The van der Waals surface area contributed by atoms with Gasteiger partial charge in [-0.15, -0.1) is 0 Å². The number of furan rings is 1. The van der Waals surface area contributed by atoms with E-state index in [1.165, 1.54) is 0 Å². The number of aromatic nitrogens is 1. The molecule has 2 aromatic heterocycles. The average molecular weight is 332 g/mol. The third kappa shape index (κ3) is 2.19. The zero-order valence-corrected chi connectivity index (χ0v) is 11.8. The number of halogens is 1. The number of benzene rings is 1. The highest BCUT2D eigenvalue weighted by molar-refractivity contribution is 9.10. The number of nitrogens with zero attached hydrogens (tertiary/aromatic N) is 1. The molecule has 0 saturated carbocycles. The van der Waals surface area contributed by atoms with E-state index in [1.807, 2.05) is 18.2 Å². The number of carbonyl (C=O) groups excluding carboxylic acids is 1. The summed E-state index contributed by atoms with van der Waals surface area (Å²) in [4.78, 5) is 16.5. The van der Waals surface area contributed by atoms with Gasteiger partial charge in [0.1, 0.15) is 5.69 Å². The van der Waals surface area contributed by atoms with Crippen LogP contribution in [0.2, 0.25) is 0 Å². The van der Waals surface area contributed by atoms with Gasteiger partial charge in [0.2, 0.25) is 0 Å². The largest absolute Gasteiger partial charge is 0.463 e. The van der Waals surface area contributed by atoms with Crippen molar-refractivity contribution >= 4 is 32.7 Å². The van der Waals surface area contributed by atoms with Crippen LogP contribution in [0, 0.1) is 0 Å². The second-order valence-electron chi connectivity index (χ2n) is 4.17. The van der Waals surface area contributed by atoms with Crippen LogP contribution < -0.4 is 11.3 Å². The van der Waals surface area contributed by atoms with Crippen LogP contribution in [0.25, 0.3) is 22.4 Å². The lowest BCUT2D eigenvalue weighted by molar-refractivity contribution is 0.0955. The molecule has 3 aromatic rings. The summed E-state index contributed by atoms with van der Waals surface area (Å²) in [6, 6.07) is 10.8. The maximum absolute atomic E-state index is 12.0. The molecule has 3 rings (SSSR count). The van der Waals surface area contributed by atoms with Crippen LogP contribution >= 0.6 is 15.9 Å². The Morgan fingerprint density at radius 1 is 1.30 bits per heavy atom. The van der Waals surface area contributed by atoms with Crippen LogP contribution in [0.5, 0.6) is 0 Å². The summed E-state index contributed by atoms with van der Waals surface area (Å²) < 4.78 is 6.19. The van der Waals surface area contributed by atoms with Crippen molar-refractivity contribution in [1.29, 1.82) is 0 Å². The van der Waals surface area contributed by atoms with Gasteiger partial charge in [0.25, 0.3) is 5.91 Å². The number of pyridine rings is 1. The molecule has 20 heavy (non-hydrogen) atoms. The van der Waals surface area contributed by atoms with Gasteiger partial charge in [0.15, 0.2) is 5.76 Å². The van der Waals surface area contributed by atoms with Gasteiger partial charge in [0, 0.05) is 9.86 Å². The summed E-state index contributed by atoms with van der Waals surface area (Å²) in [5.74, 6) is 5.47. The molecule has 0 atom stereocenters. The lowest BCUT2D eigenvalue weighted by atomic mass is 10.1. The summed E-state index contributed by atoms with van der Waals surface area (Å²) >= 11 is 3.39. The van der Waals surface area contributed by atoms with Crippen molar-refractivity contribution in [2.24, 2.45) is 5.84 Å². The van der Waals surface area contributed by atoms with Crippen molar-refractivity contribution in [3.8, 4) is 11.5 Å². The number of amides is 1. The highest BCUT2D eigenvalue weighted by Gasteiger charge is 2.14. The lowest BCUT2D eigenvalue weighted by Crippen LogP contribution is -2.30. The summed E-state index contributed by atoms with van der Waals surface area (Å²) in [6.45, 7) is 0. The summed E-state index contributed by atoms with van der Waals surface area (Å²) in [6.07, 6.45) is 1.56. The molecule has 2 heterocycles. The van der Waals surface area contributed by atoms with E-state index in [1.54, 1.807) is 24.5 Å². The molecule has 0 spiro atoms. The number of nitrogens with two attached hydrogens (primary N) is 1. The van der Waals surface area contributed by atoms with Gasteiger partial charge in [-0.05, 0) is 36.4 Å². The average Bonchev–Trinajstić information content (AvgIpc) is 2.99. The summed E-state index contributed by atoms with van der Waals surface area (Å²) in [7, 11) is 0. The SMILES string of the molecule is NNC(=O)c1cc(-c2ccco2)nc2ccc(Br)cc12. The van der Waals surface area contributed by atoms with Crippen molar-refractivity contribution < 1.29 is 9.21 Å². The zero-order chi connectivity index (χ0) is 14.1. The fourth-order valence-corrected chi connectivity index (χ4v) is 2.38. The van der Waals surface area contributed by atoms with E-state index in [0.717, 1.165) is 9.86 Å². The summed E-state index contributed by atoms with van der Waals surface area (Å²) in [5.41, 5.74) is 3.88. The number of nitrogen functional groups attached to an aromatic ring is 1. The van der Waals surface area contributed by atoms with Crippen molar-refractivity contribution in [3.05, 3.63) is 52.7 Å². The van der Waals surface area contributed by atoms with Crippen LogP contribution in [0.4, 0.5) is 0 Å². The van der Waals surface area contributed by atoms with E-state index in [2.05, 4.69) is 26.3 Å². The molecular weight excluding hydrogens is 322 g/mol. The van der Waals surface area contributed by atoms with Crippen LogP contribution in [-0.4, -0.2) is 10.9 Å². The molecule has 1 aromatic carbocycles. The fourth-order valence-electron chi connectivity index (χ4n) is 2.01. The Morgan fingerprint density at radius 3 is 2.85 bits per heavy atom. The van der Waals surface area contributed by atoms with Crippen molar-refractivity contribution in [1.82, 2.24) is 10.4 Å². The van der Waals surface area contributed by atoms with Crippen LogP contribution in [-0.2, 0) is 0 Å². The normalized spacial score (nSPS) is 10.7. The second-order valence-corrected chi connectivity index (χ2v) is 5.08. The van der Waals surface area contributed by atoms with Crippen LogP contribution in [0.15, 0.2) is 51.6 Å². The smallest absolute Gasteiger partial charge is 0.265 e. The van der Waals surface area contributed by atoms with Gasteiger partial charge in [-0.3, -0.25) is 10.2 Å². The number of hydrogen-bond donors (Lipinski definition) is 2. The number of fused-ring (bicyclic) bond motifs is 1. The lowest BCUT2D eigenvalue weighted by Gasteiger charge is -2.08. The van der Waals surface area contributed by atoms with Gasteiger partial charge in [-0.1, -0.05) is 15.9 Å². The van der Waals surface area contributed by atoms with Gasteiger partial charge in [-0.2, -0.15) is 0 Å². The molecule has 0 bridgehead atoms. The number of rotatable bonds is 2. The molecule has 0 aliphatic heterocycles. The second kappa shape index (κ2) is 5.07. The minimum atomic E-state index is -0.372. The molecule has 0 unspecified atom stereocenters. The van der Waals surface area contributed by atoms with E-state index in [0.29, 0.717) is 22.5 Å². The third-order valence-electron chi connectivity index (χ3n) is 2.92. The maximum Gasteiger partial charge on any atom is 0.265 e. The van der Waals surface area contributed by atoms with E-state index >= 15 is 0 Å². The van der Waals surface area contributed by atoms with E-state index in [9.17, 15) is 4.79 Å². The first-order chi connectivity index (χ1) is 9.69. The Morgan fingerprint density at radius 2 is 2.15 bits per heavy atom. The zero-order valence-electron chi connectivity index (χ0n) is 10.3. The molecule has 0 aliphatic carbocycles. The standard InChI is InChI=1S/C14H10BrN3O2/c15-8-3-4-11-9(6-8)10(14(19)18-16)7-12(17-11)13-2-1-5-20-13/h1-7H,16H2,(H,18,19). The van der Waals surface area contributed by atoms with Crippen molar-refractivity contribution in [3.63, 3.8) is 0 Å². The van der Waals surface area contributed by atoms with Gasteiger partial charge in [-0.25, -0.2) is 10.8 Å². The molecule has 1 amide bonds. The molecular formula is C14H10BrN3O2. The monoisotopic (exact) mass is 331 g/mol. The maximum atomic E-state index is 12.0. The van der Waals surface area contributed by atoms with Gasteiger partial charge < -0.3 is 4.42 Å². The summed E-state index contributed by atoms with van der Waals surface area (Å²) in [5, 5.41) is 0.720. The van der Waals surface area contributed by atoms with Gasteiger partial charge >= 0.3 is 0 Å². The number of hydrazine groups is 1. The predicted octanol–water partition coefficient (Wildman–Crippen LogP) is 2.86. The Labute approximate surface area is 122 Å². The third-order valence-corrected chi connectivity index (χ3v) is 3.41. The van der Waals surface area contributed by atoms with Crippen molar-refractivity contribution in [2.75, 3.05) is 0 Å². The van der Waals surface area contributed by atoms with E-state index in [4.69, 9.17) is 10.3 Å². The van der Waals surface area contributed by atoms with E-state index in [-0.39, 0.29) is 5.91 Å². The first-order valence-electron chi connectivity index (χ1n) is 5.84. The quantitative estimate of drug-likeness (QED) is 0.430. The molecule has 100 valence electrons. The minimum Gasteiger partial charge on any atom is -0.463 e. The van der Waals surface area contributed by atoms with E-state index < -0.39 is 0 Å². The Bertz CT molecular complexity index is 784. The number of nitrogens with one attached hydrogen (secondary N) is 1. The Kier molecular flexibility index (Phi) is 3.25. The molecule has 0 radical (unpaired) electrons. The molecule has 0 saturated heterocycles. The minimum absolute atomic E-state index is 0.372.